The lowest BCUT2D eigenvalue weighted by Gasteiger charge is -2.51. The van der Waals surface area contributed by atoms with Crippen molar-refractivity contribution in [2.24, 2.45) is 0 Å². The monoisotopic (exact) mass is 603 g/mol. The number of halogens is 7. The third kappa shape index (κ3) is 6.84. The molecule has 41 heavy (non-hydrogen) atoms. The molecule has 3 heterocycles. The summed E-state index contributed by atoms with van der Waals surface area (Å²) in [6.07, 6.45) is -6.10. The Bertz CT molecular complexity index is 1180. The zero-order valence-electron chi connectivity index (χ0n) is 22.4. The van der Waals surface area contributed by atoms with Gasteiger partial charge in [0.2, 0.25) is 0 Å². The molecule has 0 aliphatic carbocycles. The molecule has 3 unspecified atom stereocenters. The summed E-state index contributed by atoms with van der Waals surface area (Å²) in [5.41, 5.74) is -2.73. The van der Waals surface area contributed by atoms with E-state index in [1.807, 2.05) is 12.1 Å². The molecular formula is C29H32ClF6N3O2. The van der Waals surface area contributed by atoms with Gasteiger partial charge in [-0.15, -0.1) is 0 Å². The molecule has 1 amide bonds. The van der Waals surface area contributed by atoms with E-state index in [1.54, 1.807) is 12.1 Å². The lowest BCUT2D eigenvalue weighted by molar-refractivity contribution is -0.143. The van der Waals surface area contributed by atoms with Crippen LogP contribution in [-0.4, -0.2) is 78.8 Å². The Labute approximate surface area is 240 Å². The molecule has 0 bridgehead atoms. The number of ether oxygens (including phenoxy) is 1. The van der Waals surface area contributed by atoms with Crippen LogP contribution >= 0.6 is 11.6 Å². The summed E-state index contributed by atoms with van der Waals surface area (Å²) < 4.78 is 86.8. The van der Waals surface area contributed by atoms with Crippen molar-refractivity contribution < 1.29 is 35.9 Å². The van der Waals surface area contributed by atoms with Gasteiger partial charge in [-0.1, -0.05) is 30.2 Å². The molecule has 2 aromatic rings. The number of likely N-dealkylation sites (tertiary alicyclic amines) is 2. The number of carbonyl (C=O) groups is 1. The molecule has 0 saturated carbocycles. The Kier molecular flexibility index (Phi) is 8.90. The zero-order valence-corrected chi connectivity index (χ0v) is 23.1. The average Bonchev–Trinajstić information content (AvgIpc) is 2.96. The van der Waals surface area contributed by atoms with Gasteiger partial charge >= 0.3 is 12.4 Å². The van der Waals surface area contributed by atoms with Crippen molar-refractivity contribution in [3.05, 3.63) is 69.7 Å². The number of benzene rings is 2. The highest BCUT2D eigenvalue weighted by Gasteiger charge is 2.43. The van der Waals surface area contributed by atoms with Crippen LogP contribution in [0.15, 0.2) is 42.5 Å². The predicted octanol–water partition coefficient (Wildman–Crippen LogP) is 6.52. The minimum Gasteiger partial charge on any atom is -0.377 e. The van der Waals surface area contributed by atoms with Gasteiger partial charge in [-0.3, -0.25) is 14.6 Å². The zero-order chi connectivity index (χ0) is 29.4. The fourth-order valence-corrected chi connectivity index (χ4v) is 6.47. The molecule has 3 aliphatic heterocycles. The van der Waals surface area contributed by atoms with E-state index >= 15 is 0 Å². The molecule has 2 aromatic carbocycles. The molecule has 3 aliphatic rings. The SMILES string of the molecule is O=C(c1cc(C(F)(F)F)cc(C(F)(F)F)c1)N1CCC(N2CCOCC2N2CCCCC2)C(c2ccc(Cl)cc2)C1. The Morgan fingerprint density at radius 3 is 2.10 bits per heavy atom. The molecule has 3 saturated heterocycles. The Hall–Kier alpha value is -2.34. The van der Waals surface area contributed by atoms with Crippen molar-refractivity contribution in [3.63, 3.8) is 0 Å². The van der Waals surface area contributed by atoms with Crippen LogP contribution in [0.2, 0.25) is 5.02 Å². The summed E-state index contributed by atoms with van der Waals surface area (Å²) in [4.78, 5) is 19.7. The van der Waals surface area contributed by atoms with Crippen molar-refractivity contribution >= 4 is 17.5 Å². The van der Waals surface area contributed by atoms with Gasteiger partial charge in [0.1, 0.15) is 0 Å². The lowest BCUT2D eigenvalue weighted by Crippen LogP contribution is -2.62. The fraction of sp³-hybridized carbons (Fsp3) is 0.552. The molecule has 3 atom stereocenters. The second-order valence-corrected chi connectivity index (χ2v) is 11.4. The van der Waals surface area contributed by atoms with Crippen LogP contribution in [-0.2, 0) is 17.1 Å². The van der Waals surface area contributed by atoms with Gasteiger partial charge in [-0.05, 0) is 68.2 Å². The third-order valence-electron chi connectivity index (χ3n) is 8.38. The number of nitrogens with zero attached hydrogens (tertiary/aromatic N) is 3. The largest absolute Gasteiger partial charge is 0.416 e. The highest BCUT2D eigenvalue weighted by molar-refractivity contribution is 6.30. The standard InChI is InChI=1S/C29H32ClF6N3O2/c30-23-6-4-19(5-7-23)24-17-38(27(40)20-14-21(28(31,32)33)16-22(15-20)29(34,35)36)11-8-25(24)39-12-13-41-18-26(39)37-9-2-1-3-10-37/h4-7,14-16,24-26H,1-3,8-13,17-18H2. The number of carbonyl (C=O) groups excluding carboxylic acids is 1. The second-order valence-electron chi connectivity index (χ2n) is 10.9. The molecule has 3 fully saturated rings. The lowest BCUT2D eigenvalue weighted by atomic mass is 9.84. The maximum Gasteiger partial charge on any atom is 0.416 e. The summed E-state index contributed by atoms with van der Waals surface area (Å²) in [5, 5.41) is 0.537. The number of hydrogen-bond donors (Lipinski definition) is 0. The van der Waals surface area contributed by atoms with Gasteiger partial charge < -0.3 is 9.64 Å². The molecule has 0 radical (unpaired) electrons. The smallest absolute Gasteiger partial charge is 0.377 e. The van der Waals surface area contributed by atoms with E-state index in [-0.39, 0.29) is 37.3 Å². The molecule has 0 N–H and O–H groups in total. The molecule has 0 aromatic heterocycles. The van der Waals surface area contributed by atoms with Crippen molar-refractivity contribution in [1.82, 2.24) is 14.7 Å². The Balaban J connectivity index is 1.46. The van der Waals surface area contributed by atoms with Gasteiger partial charge in [0.05, 0.1) is 30.5 Å². The second kappa shape index (κ2) is 12.1. The van der Waals surface area contributed by atoms with Gasteiger partial charge in [0, 0.05) is 42.2 Å². The average molecular weight is 604 g/mol. The summed E-state index contributed by atoms with van der Waals surface area (Å²) in [6, 6.07) is 8.29. The number of rotatable bonds is 4. The molecule has 5 rings (SSSR count). The van der Waals surface area contributed by atoms with E-state index in [0.29, 0.717) is 43.3 Å². The quantitative estimate of drug-likeness (QED) is 0.373. The number of morpholine rings is 1. The van der Waals surface area contributed by atoms with Crippen LogP contribution in [0.25, 0.3) is 0 Å². The van der Waals surface area contributed by atoms with Crippen molar-refractivity contribution in [1.29, 1.82) is 0 Å². The van der Waals surface area contributed by atoms with Crippen LogP contribution in [0.4, 0.5) is 26.3 Å². The highest BCUT2D eigenvalue weighted by Crippen LogP contribution is 2.38. The van der Waals surface area contributed by atoms with E-state index in [4.69, 9.17) is 16.3 Å². The normalized spacial score (nSPS) is 25.3. The van der Waals surface area contributed by atoms with E-state index in [9.17, 15) is 31.1 Å². The van der Waals surface area contributed by atoms with Gasteiger partial charge in [0.25, 0.3) is 5.91 Å². The maximum atomic E-state index is 13.5. The van der Waals surface area contributed by atoms with Crippen molar-refractivity contribution in [2.45, 2.75) is 56.2 Å². The van der Waals surface area contributed by atoms with E-state index in [1.165, 1.54) is 11.3 Å². The van der Waals surface area contributed by atoms with Gasteiger partial charge in [-0.25, -0.2) is 0 Å². The van der Waals surface area contributed by atoms with Crippen LogP contribution in [0, 0.1) is 0 Å². The number of piperidine rings is 2. The first-order valence-corrected chi connectivity index (χ1v) is 14.2. The summed E-state index contributed by atoms with van der Waals surface area (Å²) in [7, 11) is 0. The summed E-state index contributed by atoms with van der Waals surface area (Å²) in [5.74, 6) is -1.09. The molecule has 12 heteroatoms. The van der Waals surface area contributed by atoms with Crippen molar-refractivity contribution in [3.8, 4) is 0 Å². The van der Waals surface area contributed by atoms with E-state index < -0.39 is 35.0 Å². The van der Waals surface area contributed by atoms with Gasteiger partial charge in [0.15, 0.2) is 0 Å². The van der Waals surface area contributed by atoms with E-state index in [0.717, 1.165) is 31.5 Å². The molecule has 224 valence electrons. The molecule has 0 spiro atoms. The first-order chi connectivity index (χ1) is 19.4. The first-order valence-electron chi connectivity index (χ1n) is 13.8. The predicted molar refractivity (Wildman–Crippen MR) is 142 cm³/mol. The Morgan fingerprint density at radius 1 is 0.854 bits per heavy atom. The molecule has 5 nitrogen and oxygen atoms in total. The minimum atomic E-state index is -5.03. The molecular weight excluding hydrogens is 572 g/mol. The van der Waals surface area contributed by atoms with Crippen LogP contribution < -0.4 is 0 Å². The number of amides is 1. The fourth-order valence-electron chi connectivity index (χ4n) is 6.34. The minimum absolute atomic E-state index is 0.0108. The summed E-state index contributed by atoms with van der Waals surface area (Å²) >= 11 is 6.14. The number of alkyl halides is 6. The van der Waals surface area contributed by atoms with Crippen LogP contribution in [0.3, 0.4) is 0 Å². The van der Waals surface area contributed by atoms with E-state index in [2.05, 4.69) is 9.80 Å². The topological polar surface area (TPSA) is 36.0 Å². The van der Waals surface area contributed by atoms with Gasteiger partial charge in [-0.2, -0.15) is 26.3 Å². The third-order valence-corrected chi connectivity index (χ3v) is 8.63. The maximum absolute atomic E-state index is 13.5. The van der Waals surface area contributed by atoms with Crippen molar-refractivity contribution in [2.75, 3.05) is 45.9 Å². The highest BCUT2D eigenvalue weighted by atomic mass is 35.5. The number of hydrogen-bond acceptors (Lipinski definition) is 4. The van der Waals surface area contributed by atoms with Crippen LogP contribution in [0.1, 0.15) is 58.6 Å². The first kappa shape index (κ1) is 30.1. The van der Waals surface area contributed by atoms with Crippen LogP contribution in [0.5, 0.6) is 0 Å². The summed E-state index contributed by atoms with van der Waals surface area (Å²) in [6.45, 7) is 4.07. The Morgan fingerprint density at radius 2 is 1.49 bits per heavy atom.